The van der Waals surface area contributed by atoms with Crippen LogP contribution in [0.25, 0.3) is 10.8 Å². The topological polar surface area (TPSA) is 82.5 Å². The Hall–Kier alpha value is -3.62. The van der Waals surface area contributed by atoms with E-state index in [-0.39, 0.29) is 6.61 Å². The highest BCUT2D eigenvalue weighted by Gasteiger charge is 2.33. The smallest absolute Gasteiger partial charge is 0.433 e. The van der Waals surface area contributed by atoms with Crippen LogP contribution in [-0.4, -0.2) is 22.5 Å². The molecule has 0 fully saturated rings. The van der Waals surface area contributed by atoms with Gasteiger partial charge in [0.25, 0.3) is 5.56 Å². The number of benzene rings is 2. The first-order valence-electron chi connectivity index (χ1n) is 8.08. The predicted octanol–water partition coefficient (Wildman–Crippen LogP) is 3.44. The second kappa shape index (κ2) is 7.55. The number of alkyl halides is 3. The molecule has 0 aliphatic heterocycles. The molecule has 2 N–H and O–H groups in total. The van der Waals surface area contributed by atoms with Crippen LogP contribution < -0.4 is 16.0 Å². The van der Waals surface area contributed by atoms with Crippen LogP contribution in [0.2, 0.25) is 0 Å². The van der Waals surface area contributed by atoms with Crippen molar-refractivity contribution in [1.82, 2.24) is 9.66 Å². The minimum Gasteiger partial charge on any atom is -0.488 e. The number of anilines is 1. The van der Waals surface area contributed by atoms with Gasteiger partial charge in [0.2, 0.25) is 5.95 Å². The Balaban J connectivity index is 2.06. The van der Waals surface area contributed by atoms with Crippen molar-refractivity contribution in [2.45, 2.75) is 6.18 Å². The number of hydrogen-bond acceptors (Lipinski definition) is 5. The summed E-state index contributed by atoms with van der Waals surface area (Å²) in [5.74, 6) is -0.182. The van der Waals surface area contributed by atoms with Crippen molar-refractivity contribution in [3.63, 3.8) is 0 Å². The Morgan fingerprint density at radius 2 is 2.00 bits per heavy atom. The molecule has 0 aliphatic carbocycles. The van der Waals surface area contributed by atoms with Crippen LogP contribution in [-0.2, 0) is 6.18 Å². The van der Waals surface area contributed by atoms with Gasteiger partial charge >= 0.3 is 6.18 Å². The summed E-state index contributed by atoms with van der Waals surface area (Å²) in [5.41, 5.74) is 3.57. The molecule has 144 valence electrons. The molecule has 0 bridgehead atoms. The largest absolute Gasteiger partial charge is 0.488 e. The number of nitrogens with two attached hydrogens (primary N) is 1. The maximum Gasteiger partial charge on any atom is 0.433 e. The highest BCUT2D eigenvalue weighted by Crippen LogP contribution is 2.29. The lowest BCUT2D eigenvalue weighted by Gasteiger charge is -2.11. The van der Waals surface area contributed by atoms with Gasteiger partial charge in [-0.1, -0.05) is 43.0 Å². The van der Waals surface area contributed by atoms with Gasteiger partial charge in [0.05, 0.1) is 6.21 Å². The van der Waals surface area contributed by atoms with Crippen molar-refractivity contribution in [1.29, 1.82) is 0 Å². The van der Waals surface area contributed by atoms with Crippen LogP contribution in [0.3, 0.4) is 0 Å². The van der Waals surface area contributed by atoms with Crippen LogP contribution in [0.1, 0.15) is 11.3 Å². The van der Waals surface area contributed by atoms with E-state index in [0.717, 1.165) is 10.8 Å². The molecule has 0 spiro atoms. The average molecular weight is 388 g/mol. The fourth-order valence-corrected chi connectivity index (χ4v) is 2.54. The van der Waals surface area contributed by atoms with E-state index in [1.807, 2.05) is 30.3 Å². The van der Waals surface area contributed by atoms with Crippen LogP contribution in [0.4, 0.5) is 19.1 Å². The quantitative estimate of drug-likeness (QED) is 0.536. The number of ether oxygens (including phenoxy) is 1. The standard InChI is InChI=1S/C19H15F3N4O2/c1-2-9-28-17-13(8-7-12-5-3-4-6-14(12)17)11-24-26-16(27)10-15(19(20,21)22)25-18(26)23/h2-8,10-11H,1,9H2,(H2,23,25)/b24-11+. The molecule has 6 nitrogen and oxygen atoms in total. The van der Waals surface area contributed by atoms with Gasteiger partial charge < -0.3 is 10.5 Å². The van der Waals surface area contributed by atoms with Crippen LogP contribution in [0.15, 0.2) is 65.0 Å². The monoisotopic (exact) mass is 388 g/mol. The van der Waals surface area contributed by atoms with Crippen molar-refractivity contribution >= 4 is 22.9 Å². The van der Waals surface area contributed by atoms with Crippen molar-refractivity contribution < 1.29 is 17.9 Å². The third-order valence-corrected chi connectivity index (χ3v) is 3.78. The number of nitrogens with zero attached hydrogens (tertiary/aromatic N) is 3. The van der Waals surface area contributed by atoms with Crippen LogP contribution in [0, 0.1) is 0 Å². The highest BCUT2D eigenvalue weighted by molar-refractivity contribution is 5.97. The van der Waals surface area contributed by atoms with Crippen LogP contribution >= 0.6 is 0 Å². The maximum atomic E-state index is 12.7. The van der Waals surface area contributed by atoms with Gasteiger partial charge in [0.15, 0.2) is 5.69 Å². The summed E-state index contributed by atoms with van der Waals surface area (Å²) in [6.45, 7) is 3.84. The number of rotatable bonds is 5. The van der Waals surface area contributed by atoms with Gasteiger partial charge in [-0.15, -0.1) is 0 Å². The third kappa shape index (κ3) is 3.88. The molecule has 0 saturated heterocycles. The molecule has 2 aromatic carbocycles. The van der Waals surface area contributed by atoms with Crippen molar-refractivity contribution in [2.75, 3.05) is 12.3 Å². The fraction of sp³-hybridized carbons (Fsp3) is 0.105. The van der Waals surface area contributed by atoms with Crippen LogP contribution in [0.5, 0.6) is 5.75 Å². The van der Waals surface area contributed by atoms with Gasteiger partial charge in [-0.25, -0.2) is 4.98 Å². The van der Waals surface area contributed by atoms with E-state index >= 15 is 0 Å². The summed E-state index contributed by atoms with van der Waals surface area (Å²) in [4.78, 5) is 15.2. The summed E-state index contributed by atoms with van der Waals surface area (Å²) in [5, 5.41) is 5.62. The molecule has 28 heavy (non-hydrogen) atoms. The minimum atomic E-state index is -4.78. The molecule has 9 heteroatoms. The summed E-state index contributed by atoms with van der Waals surface area (Å²) >= 11 is 0. The van der Waals surface area contributed by atoms with Gasteiger partial charge in [-0.05, 0) is 11.5 Å². The first kappa shape index (κ1) is 19.2. The van der Waals surface area contributed by atoms with E-state index in [0.29, 0.717) is 22.1 Å². The molecular weight excluding hydrogens is 373 g/mol. The summed E-state index contributed by atoms with van der Waals surface area (Å²) in [6, 6.07) is 11.3. The van der Waals surface area contributed by atoms with Gasteiger partial charge in [-0.2, -0.15) is 22.9 Å². The average Bonchev–Trinajstić information content (AvgIpc) is 2.65. The molecule has 0 saturated carbocycles. The van der Waals surface area contributed by atoms with Gasteiger partial charge in [0.1, 0.15) is 12.4 Å². The maximum absolute atomic E-state index is 12.7. The number of aromatic nitrogens is 2. The lowest BCUT2D eigenvalue weighted by atomic mass is 10.1. The lowest BCUT2D eigenvalue weighted by molar-refractivity contribution is -0.141. The highest BCUT2D eigenvalue weighted by atomic mass is 19.4. The fourth-order valence-electron chi connectivity index (χ4n) is 2.54. The first-order chi connectivity index (χ1) is 13.3. The SMILES string of the molecule is C=CCOc1c(/C=N/n2c(N)nc(C(F)(F)F)cc2=O)ccc2ccccc12. The number of nitrogen functional groups attached to an aromatic ring is 1. The molecule has 0 unspecified atom stereocenters. The summed E-state index contributed by atoms with van der Waals surface area (Å²) in [6.07, 6.45) is -1.93. The summed E-state index contributed by atoms with van der Waals surface area (Å²) < 4.78 is 44.5. The summed E-state index contributed by atoms with van der Waals surface area (Å²) in [7, 11) is 0. The van der Waals surface area contributed by atoms with E-state index < -0.39 is 23.4 Å². The van der Waals surface area contributed by atoms with E-state index in [9.17, 15) is 18.0 Å². The molecule has 1 aromatic heterocycles. The Morgan fingerprint density at radius 1 is 1.25 bits per heavy atom. The zero-order chi connectivity index (χ0) is 20.3. The normalized spacial score (nSPS) is 11.8. The Labute approximate surface area is 157 Å². The van der Waals surface area contributed by atoms with E-state index in [2.05, 4.69) is 16.7 Å². The van der Waals surface area contributed by atoms with Gasteiger partial charge in [-0.3, -0.25) is 4.79 Å². The number of hydrogen-bond donors (Lipinski definition) is 1. The molecular formula is C19H15F3N4O2. The molecule has 0 atom stereocenters. The molecule has 0 aliphatic rings. The zero-order valence-electron chi connectivity index (χ0n) is 14.5. The Bertz CT molecular complexity index is 1120. The molecule has 0 radical (unpaired) electrons. The minimum absolute atomic E-state index is 0.235. The second-order valence-corrected chi connectivity index (χ2v) is 5.70. The second-order valence-electron chi connectivity index (χ2n) is 5.70. The third-order valence-electron chi connectivity index (χ3n) is 3.78. The van der Waals surface area contributed by atoms with Gasteiger partial charge in [0, 0.05) is 17.0 Å². The molecule has 3 aromatic rings. The van der Waals surface area contributed by atoms with Crippen molar-refractivity contribution in [3.8, 4) is 5.75 Å². The number of fused-ring (bicyclic) bond motifs is 1. The lowest BCUT2D eigenvalue weighted by Crippen LogP contribution is -2.24. The van der Waals surface area contributed by atoms with Crippen molar-refractivity contribution in [3.05, 3.63) is 76.7 Å². The molecule has 0 amide bonds. The number of halogens is 3. The molecule has 1 heterocycles. The van der Waals surface area contributed by atoms with Crippen molar-refractivity contribution in [2.24, 2.45) is 5.10 Å². The van der Waals surface area contributed by atoms with E-state index in [1.165, 1.54) is 6.21 Å². The Kier molecular flexibility index (Phi) is 5.16. The zero-order valence-corrected chi connectivity index (χ0v) is 14.5. The Morgan fingerprint density at radius 3 is 2.68 bits per heavy atom. The van der Waals surface area contributed by atoms with E-state index in [1.54, 1.807) is 12.1 Å². The van der Waals surface area contributed by atoms with E-state index in [4.69, 9.17) is 10.5 Å². The molecule has 3 rings (SSSR count). The predicted molar refractivity (Wildman–Crippen MR) is 101 cm³/mol. The first-order valence-corrected chi connectivity index (χ1v) is 8.08.